The Balaban J connectivity index is 2.27. The van der Waals surface area contributed by atoms with Crippen molar-refractivity contribution in [2.75, 3.05) is 32.9 Å². The Morgan fingerprint density at radius 3 is 1.73 bits per heavy atom. The fraction of sp³-hybridized carbons (Fsp3) is 0.885. The van der Waals surface area contributed by atoms with Crippen molar-refractivity contribution in [1.29, 1.82) is 0 Å². The van der Waals surface area contributed by atoms with Crippen LogP contribution in [0.25, 0.3) is 0 Å². The van der Waals surface area contributed by atoms with E-state index in [1.165, 1.54) is 32.6 Å². The number of nitrogens with one attached hydrogen (secondary N) is 5. The molecule has 0 radical (unpaired) electrons. The van der Waals surface area contributed by atoms with Crippen molar-refractivity contribution in [2.45, 2.75) is 238 Å². The second-order valence-corrected chi connectivity index (χ2v) is 25.2. The van der Waals surface area contributed by atoms with Crippen molar-refractivity contribution in [3.05, 3.63) is 0 Å². The van der Waals surface area contributed by atoms with Crippen molar-refractivity contribution >= 4 is 51.2 Å². The van der Waals surface area contributed by atoms with Gasteiger partial charge in [0.2, 0.25) is 29.5 Å². The van der Waals surface area contributed by atoms with Gasteiger partial charge in [-0.15, -0.1) is 0 Å². The topological polar surface area (TPSA) is 437 Å². The molecule has 6 unspecified atom stereocenters. The van der Waals surface area contributed by atoms with E-state index in [0.717, 1.165) is 52.9 Å². The number of aliphatic hydroxyl groups excluding tert-OH is 4. The molecule has 478 valence electrons. The van der Waals surface area contributed by atoms with Gasteiger partial charge in [0, 0.05) is 26.8 Å². The molecule has 82 heavy (non-hydrogen) atoms. The number of carbonyl (C=O) groups excluding carboxylic acids is 6. The first-order valence-corrected chi connectivity index (χ1v) is 31.5. The standard InChI is InChI=1S/C52H98N6O22P2/c1-30(2)16-12-17-31(3)18-13-19-32(4)20-14-21-33(5)24-27-74-81(70,71)80-82(72,73)79-52-43(57-37(9)62)47(46(40(29-60)77-52)78-51-42(56-36(8)61)45(65)44(64)39(28-59)76-51)75-35(7)49(67)55-34(6)48(66)54-26-15-23-41(63)58-38(50(68)69)22-10-11-25-53/h30-35,38-40,42-47,51-52,59-60,64-65H,10-29,53H2,1-9H3,(H,54,66)(H,55,67)(H,56,61)(H,57,62)(H,58,63)(H,68,69)(H,70,71)(H,72,73)/p-3/t31?,32?,33?,34-,35+,38-,39+,40+,42+,43+,44+,45+,46?,47+,51-,52+/m0/s1. The van der Waals surface area contributed by atoms with Crippen molar-refractivity contribution < 1.29 is 106 Å². The Morgan fingerprint density at radius 2 is 1.20 bits per heavy atom. The average molecular weight is 1220 g/mol. The summed E-state index contributed by atoms with van der Waals surface area (Å²) in [5.74, 6) is -3.63. The van der Waals surface area contributed by atoms with Crippen LogP contribution in [0.4, 0.5) is 0 Å². The van der Waals surface area contributed by atoms with Gasteiger partial charge in [0.25, 0.3) is 15.6 Å². The number of nitrogens with two attached hydrogens (primary N) is 1. The van der Waals surface area contributed by atoms with Crippen LogP contribution in [0.5, 0.6) is 0 Å². The molecule has 2 heterocycles. The lowest BCUT2D eigenvalue weighted by atomic mass is 9.91. The van der Waals surface area contributed by atoms with Crippen LogP contribution in [-0.4, -0.2) is 168 Å². The highest BCUT2D eigenvalue weighted by Crippen LogP contribution is 2.57. The molecule has 30 heteroatoms. The lowest BCUT2D eigenvalue weighted by Gasteiger charge is -2.50. The molecule has 0 aromatic heterocycles. The van der Waals surface area contributed by atoms with Crippen LogP contribution in [0.3, 0.4) is 0 Å². The highest BCUT2D eigenvalue weighted by molar-refractivity contribution is 7.59. The monoisotopic (exact) mass is 1220 g/mol. The number of amides is 5. The number of carbonyl (C=O) groups is 6. The minimum atomic E-state index is -6.11. The van der Waals surface area contributed by atoms with Gasteiger partial charge in [-0.25, -0.2) is 4.31 Å². The van der Waals surface area contributed by atoms with Crippen LogP contribution in [0.15, 0.2) is 0 Å². The van der Waals surface area contributed by atoms with Crippen LogP contribution < -0.4 is 47.2 Å². The molecule has 0 aromatic rings. The largest absolute Gasteiger partial charge is 0.756 e. The van der Waals surface area contributed by atoms with Gasteiger partial charge in [-0.05, 0) is 76.2 Å². The number of unbranched alkanes of at least 4 members (excludes halogenated alkanes) is 1. The summed E-state index contributed by atoms with van der Waals surface area (Å²) < 4.78 is 64.7. The normalized spacial score (nSPS) is 26.6. The summed E-state index contributed by atoms with van der Waals surface area (Å²) in [6.07, 6.45) is -5.76. The SMILES string of the molecule is CC(=O)N[C@H]1[C@H](OC2[C@@H](CO)O[C@H](OP(=O)([O-])OP(=O)([O-])OCCC(C)CCCC(C)CCCC(C)CCCC(C)C)[C@H](NC(C)=O)[C@H]2O[C@H](C)C(=O)N[C@@H](C)C(=O)NCCCC(=O)N[C@@H](CCCCN)C(=O)[O-])O[C@H](CO)[C@@H](O)[C@@H]1O. The van der Waals surface area contributed by atoms with E-state index in [9.17, 15) is 73.2 Å². The van der Waals surface area contributed by atoms with Gasteiger partial charge in [-0.1, -0.05) is 92.4 Å². The molecule has 0 aliphatic carbocycles. The van der Waals surface area contributed by atoms with Gasteiger partial charge in [-0.2, -0.15) is 0 Å². The summed E-state index contributed by atoms with van der Waals surface area (Å²) in [6, 6.07) is -6.12. The summed E-state index contributed by atoms with van der Waals surface area (Å²) >= 11 is 0. The number of rotatable bonds is 41. The van der Waals surface area contributed by atoms with Crippen LogP contribution in [0.1, 0.15) is 159 Å². The summed E-state index contributed by atoms with van der Waals surface area (Å²) in [6.45, 7) is 13.1. The first-order chi connectivity index (χ1) is 38.4. The first kappa shape index (κ1) is 74.8. The maximum absolute atomic E-state index is 13.8. The molecule has 2 aliphatic rings. The van der Waals surface area contributed by atoms with Gasteiger partial charge in [0.05, 0.1) is 31.8 Å². The minimum Gasteiger partial charge on any atom is -0.756 e. The van der Waals surface area contributed by atoms with Crippen LogP contribution >= 0.6 is 15.6 Å². The highest BCUT2D eigenvalue weighted by atomic mass is 31.3. The zero-order valence-corrected chi connectivity index (χ0v) is 50.9. The van der Waals surface area contributed by atoms with E-state index in [0.29, 0.717) is 37.1 Å². The third-order valence-electron chi connectivity index (χ3n) is 14.2. The molecule has 28 nitrogen and oxygen atoms in total. The number of phosphoric ester groups is 2. The van der Waals surface area contributed by atoms with Crippen molar-refractivity contribution in [3.8, 4) is 0 Å². The fourth-order valence-corrected chi connectivity index (χ4v) is 11.6. The van der Waals surface area contributed by atoms with Gasteiger partial charge in [0.1, 0.15) is 60.9 Å². The van der Waals surface area contributed by atoms with E-state index in [1.54, 1.807) is 0 Å². The summed E-state index contributed by atoms with van der Waals surface area (Å²) in [5.41, 5.74) is 5.45. The lowest BCUT2D eigenvalue weighted by molar-refractivity contribution is -0.336. The van der Waals surface area contributed by atoms with Crippen LogP contribution in [0, 0.1) is 23.7 Å². The number of phosphoric acid groups is 2. The smallest absolute Gasteiger partial charge is 0.276 e. The van der Waals surface area contributed by atoms with E-state index < -0.39 is 150 Å². The summed E-state index contributed by atoms with van der Waals surface area (Å²) in [4.78, 5) is 102. The maximum atomic E-state index is 13.8. The molecule has 0 saturated carbocycles. The average Bonchev–Trinajstić information content (AvgIpc) is 2.81. The van der Waals surface area contributed by atoms with Crippen LogP contribution in [-0.2, 0) is 70.2 Å². The Hall–Kier alpha value is -3.28. The molecular weight excluding hydrogens is 1120 g/mol. The minimum absolute atomic E-state index is 0.00488. The van der Waals surface area contributed by atoms with Crippen molar-refractivity contribution in [2.24, 2.45) is 29.4 Å². The molecule has 2 aliphatic heterocycles. The molecule has 0 bridgehead atoms. The Kier molecular flexibility index (Phi) is 34.7. The number of hydrogen-bond donors (Lipinski definition) is 10. The van der Waals surface area contributed by atoms with E-state index in [-0.39, 0.29) is 38.1 Å². The molecular formula is C52H95N6O22P2-3. The molecule has 5 amide bonds. The second-order valence-electron chi connectivity index (χ2n) is 22.3. The van der Waals surface area contributed by atoms with Gasteiger partial charge in [-0.3, -0.25) is 37.6 Å². The zero-order valence-electron chi connectivity index (χ0n) is 49.1. The van der Waals surface area contributed by atoms with Crippen molar-refractivity contribution in [1.82, 2.24) is 26.6 Å². The fourth-order valence-electron chi connectivity index (χ4n) is 9.51. The van der Waals surface area contributed by atoms with E-state index in [1.807, 2.05) is 6.92 Å². The van der Waals surface area contributed by atoms with Gasteiger partial charge < -0.3 is 95.9 Å². The lowest BCUT2D eigenvalue weighted by Crippen LogP contribution is -2.70. The van der Waals surface area contributed by atoms with E-state index >= 15 is 0 Å². The number of carboxylic acid groups (broad SMARTS) is 1. The van der Waals surface area contributed by atoms with Crippen LogP contribution in [0.2, 0.25) is 0 Å². The number of ether oxygens (including phenoxy) is 4. The number of aliphatic carboxylic acids is 1. The number of hydrogen-bond acceptors (Lipinski definition) is 23. The first-order valence-electron chi connectivity index (χ1n) is 28.6. The molecule has 11 N–H and O–H groups in total. The molecule has 0 aromatic carbocycles. The zero-order chi connectivity index (χ0) is 61.9. The Bertz CT molecular complexity index is 2050. The summed E-state index contributed by atoms with van der Waals surface area (Å²) in [7, 11) is -11.8. The summed E-state index contributed by atoms with van der Waals surface area (Å²) in [5, 5.41) is 65.9. The molecule has 2 rings (SSSR count). The number of carboxylic acids is 1. The highest BCUT2D eigenvalue weighted by Gasteiger charge is 2.54. The third-order valence-corrected chi connectivity index (χ3v) is 16.8. The van der Waals surface area contributed by atoms with Gasteiger partial charge in [0.15, 0.2) is 12.6 Å². The predicted octanol–water partition coefficient (Wildman–Crippen LogP) is -0.472. The maximum Gasteiger partial charge on any atom is 0.276 e. The molecule has 2 saturated heterocycles. The Labute approximate surface area is 482 Å². The molecule has 0 spiro atoms. The third kappa shape index (κ3) is 28.3. The quantitative estimate of drug-likeness (QED) is 0.0273. The molecule has 18 atom stereocenters. The predicted molar refractivity (Wildman–Crippen MR) is 289 cm³/mol. The molecule has 2 fully saturated rings. The Morgan fingerprint density at radius 1 is 0.646 bits per heavy atom. The second kappa shape index (κ2) is 38.0. The number of aliphatic hydroxyl groups is 4. The van der Waals surface area contributed by atoms with E-state index in [4.69, 9.17) is 33.7 Å². The van der Waals surface area contributed by atoms with Gasteiger partial charge >= 0.3 is 0 Å². The van der Waals surface area contributed by atoms with Crippen molar-refractivity contribution in [3.63, 3.8) is 0 Å². The van der Waals surface area contributed by atoms with E-state index in [2.05, 4.69) is 58.6 Å².